The van der Waals surface area contributed by atoms with Crippen LogP contribution in [0.1, 0.15) is 41.8 Å². The third-order valence-electron chi connectivity index (χ3n) is 5.98. The standard InChI is InChI=1S/C23H29N3/c1-16-11-17(13-23(2,3)18-7-6-9-24-14-18)22-19(12-16)20-15-25(4)10-8-21(20)26(22)5/h6-7,9,11-12,14H,8,10,13,15H2,1-5H3. The molecule has 0 saturated carbocycles. The van der Waals surface area contributed by atoms with Crippen LogP contribution in [-0.2, 0) is 31.8 Å². The molecule has 3 heterocycles. The van der Waals surface area contributed by atoms with Gasteiger partial charge in [-0.05, 0) is 54.6 Å². The highest BCUT2D eigenvalue weighted by atomic mass is 15.1. The zero-order valence-electron chi connectivity index (χ0n) is 16.6. The van der Waals surface area contributed by atoms with Crippen molar-refractivity contribution in [3.05, 3.63) is 64.6 Å². The van der Waals surface area contributed by atoms with Gasteiger partial charge in [-0.3, -0.25) is 4.98 Å². The molecule has 1 aromatic carbocycles. The van der Waals surface area contributed by atoms with Gasteiger partial charge in [0.15, 0.2) is 0 Å². The molecule has 0 unspecified atom stereocenters. The molecular formula is C23H29N3. The van der Waals surface area contributed by atoms with Gasteiger partial charge in [0, 0.05) is 50.0 Å². The molecule has 1 aliphatic rings. The van der Waals surface area contributed by atoms with Crippen LogP contribution < -0.4 is 0 Å². The fourth-order valence-electron chi connectivity index (χ4n) is 4.59. The lowest BCUT2D eigenvalue weighted by Crippen LogP contribution is -2.26. The Hall–Kier alpha value is -2.13. The number of aryl methyl sites for hydroxylation is 2. The van der Waals surface area contributed by atoms with Gasteiger partial charge in [-0.25, -0.2) is 0 Å². The van der Waals surface area contributed by atoms with E-state index in [-0.39, 0.29) is 5.41 Å². The number of rotatable bonds is 3. The highest BCUT2D eigenvalue weighted by Crippen LogP contribution is 2.36. The Morgan fingerprint density at radius 2 is 2.00 bits per heavy atom. The van der Waals surface area contributed by atoms with Crippen LogP contribution in [0.15, 0.2) is 36.7 Å². The Kier molecular flexibility index (Phi) is 4.15. The van der Waals surface area contributed by atoms with Crippen LogP contribution >= 0.6 is 0 Å². The lowest BCUT2D eigenvalue weighted by Gasteiger charge is -2.26. The summed E-state index contributed by atoms with van der Waals surface area (Å²) < 4.78 is 2.46. The van der Waals surface area contributed by atoms with Crippen molar-refractivity contribution in [2.75, 3.05) is 13.6 Å². The molecule has 4 rings (SSSR count). The highest BCUT2D eigenvalue weighted by Gasteiger charge is 2.26. The Balaban J connectivity index is 1.86. The van der Waals surface area contributed by atoms with Gasteiger partial charge in [-0.15, -0.1) is 0 Å². The van der Waals surface area contributed by atoms with Crippen molar-refractivity contribution in [3.8, 4) is 0 Å². The van der Waals surface area contributed by atoms with Crippen molar-refractivity contribution < 1.29 is 0 Å². The van der Waals surface area contributed by atoms with Crippen LogP contribution in [-0.4, -0.2) is 28.0 Å². The van der Waals surface area contributed by atoms with Crippen LogP contribution in [0.2, 0.25) is 0 Å². The zero-order chi connectivity index (χ0) is 18.5. The monoisotopic (exact) mass is 347 g/mol. The molecule has 3 heteroatoms. The van der Waals surface area contributed by atoms with E-state index in [1.54, 1.807) is 0 Å². The van der Waals surface area contributed by atoms with Gasteiger partial charge in [-0.2, -0.15) is 0 Å². The lowest BCUT2D eigenvalue weighted by molar-refractivity contribution is 0.310. The second-order valence-corrected chi connectivity index (χ2v) is 8.59. The SMILES string of the molecule is Cc1cc(CC(C)(C)c2cccnc2)c2c(c1)c1c(n2C)CCN(C)C1. The molecule has 1 aliphatic heterocycles. The van der Waals surface area contributed by atoms with Gasteiger partial charge >= 0.3 is 0 Å². The summed E-state index contributed by atoms with van der Waals surface area (Å²) in [5, 5.41) is 1.45. The van der Waals surface area contributed by atoms with E-state index in [9.17, 15) is 0 Å². The molecule has 0 spiro atoms. The maximum absolute atomic E-state index is 4.34. The molecule has 2 aromatic heterocycles. The van der Waals surface area contributed by atoms with Crippen LogP contribution in [0.4, 0.5) is 0 Å². The van der Waals surface area contributed by atoms with Crippen molar-refractivity contribution in [2.24, 2.45) is 7.05 Å². The van der Waals surface area contributed by atoms with E-state index >= 15 is 0 Å². The van der Waals surface area contributed by atoms with E-state index in [2.05, 4.69) is 67.5 Å². The molecule has 0 N–H and O–H groups in total. The van der Waals surface area contributed by atoms with E-state index in [4.69, 9.17) is 0 Å². The first-order valence-electron chi connectivity index (χ1n) is 9.55. The average Bonchev–Trinajstić information content (AvgIpc) is 2.87. The smallest absolute Gasteiger partial charge is 0.0516 e. The number of benzene rings is 1. The number of hydrogen-bond acceptors (Lipinski definition) is 2. The van der Waals surface area contributed by atoms with Crippen molar-refractivity contribution in [3.63, 3.8) is 0 Å². The predicted octanol–water partition coefficient (Wildman–Crippen LogP) is 4.39. The molecule has 3 aromatic rings. The van der Waals surface area contributed by atoms with Gasteiger partial charge in [0.25, 0.3) is 0 Å². The molecule has 3 nitrogen and oxygen atoms in total. The van der Waals surface area contributed by atoms with E-state index in [1.807, 2.05) is 18.5 Å². The van der Waals surface area contributed by atoms with Crippen molar-refractivity contribution in [2.45, 2.75) is 45.6 Å². The Bertz CT molecular complexity index is 951. The fraction of sp³-hybridized carbons (Fsp3) is 0.435. The molecule has 0 aliphatic carbocycles. The minimum Gasteiger partial charge on any atom is -0.347 e. The summed E-state index contributed by atoms with van der Waals surface area (Å²) in [6.45, 7) is 9.09. The van der Waals surface area contributed by atoms with Crippen LogP contribution in [0.3, 0.4) is 0 Å². The number of aromatic nitrogens is 2. The molecule has 136 valence electrons. The Morgan fingerprint density at radius 1 is 1.19 bits per heavy atom. The normalized spacial score (nSPS) is 15.4. The maximum Gasteiger partial charge on any atom is 0.0516 e. The topological polar surface area (TPSA) is 21.1 Å². The first kappa shape index (κ1) is 17.3. The minimum atomic E-state index is 0.0521. The third kappa shape index (κ3) is 2.84. The summed E-state index contributed by atoms with van der Waals surface area (Å²) in [7, 11) is 4.48. The van der Waals surface area contributed by atoms with Gasteiger partial charge in [0.2, 0.25) is 0 Å². The van der Waals surface area contributed by atoms with Crippen LogP contribution in [0, 0.1) is 6.92 Å². The number of hydrogen-bond donors (Lipinski definition) is 0. The number of nitrogens with zero attached hydrogens (tertiary/aromatic N) is 3. The Morgan fingerprint density at radius 3 is 2.73 bits per heavy atom. The van der Waals surface area contributed by atoms with Gasteiger partial charge in [-0.1, -0.05) is 31.5 Å². The van der Waals surface area contributed by atoms with Crippen LogP contribution in [0.5, 0.6) is 0 Å². The van der Waals surface area contributed by atoms with Gasteiger partial charge in [0.1, 0.15) is 0 Å². The first-order valence-corrected chi connectivity index (χ1v) is 9.55. The Labute approximate surface area is 156 Å². The highest BCUT2D eigenvalue weighted by molar-refractivity contribution is 5.89. The van der Waals surface area contributed by atoms with Gasteiger partial charge < -0.3 is 9.47 Å². The van der Waals surface area contributed by atoms with Crippen molar-refractivity contribution in [1.82, 2.24) is 14.5 Å². The largest absolute Gasteiger partial charge is 0.347 e. The van der Waals surface area contributed by atoms with E-state index in [1.165, 1.54) is 38.9 Å². The molecule has 0 fully saturated rings. The first-order chi connectivity index (χ1) is 12.4. The second kappa shape index (κ2) is 6.24. The number of fused-ring (bicyclic) bond motifs is 3. The summed E-state index contributed by atoms with van der Waals surface area (Å²) in [4.78, 5) is 6.77. The maximum atomic E-state index is 4.34. The number of pyridine rings is 1. The molecule has 0 saturated heterocycles. The lowest BCUT2D eigenvalue weighted by atomic mass is 9.79. The van der Waals surface area contributed by atoms with Crippen molar-refractivity contribution in [1.29, 1.82) is 0 Å². The number of likely N-dealkylation sites (N-methyl/N-ethyl adjacent to an activating group) is 1. The molecule has 26 heavy (non-hydrogen) atoms. The quantitative estimate of drug-likeness (QED) is 0.701. The fourth-order valence-corrected chi connectivity index (χ4v) is 4.59. The minimum absolute atomic E-state index is 0.0521. The van der Waals surface area contributed by atoms with E-state index in [0.29, 0.717) is 0 Å². The molecular weight excluding hydrogens is 318 g/mol. The zero-order valence-corrected chi connectivity index (χ0v) is 16.6. The summed E-state index contributed by atoms with van der Waals surface area (Å²) in [6, 6.07) is 9.01. The molecule has 0 amide bonds. The molecule has 0 bridgehead atoms. The van der Waals surface area contributed by atoms with Crippen LogP contribution in [0.25, 0.3) is 10.9 Å². The van der Waals surface area contributed by atoms with Gasteiger partial charge in [0.05, 0.1) is 5.52 Å². The summed E-state index contributed by atoms with van der Waals surface area (Å²) in [5.74, 6) is 0. The molecule has 0 atom stereocenters. The average molecular weight is 348 g/mol. The summed E-state index contributed by atoms with van der Waals surface area (Å²) in [5.41, 5.74) is 8.63. The summed E-state index contributed by atoms with van der Waals surface area (Å²) in [6.07, 6.45) is 6.02. The predicted molar refractivity (Wildman–Crippen MR) is 109 cm³/mol. The van der Waals surface area contributed by atoms with E-state index < -0.39 is 0 Å². The van der Waals surface area contributed by atoms with Crippen molar-refractivity contribution >= 4 is 10.9 Å². The summed E-state index contributed by atoms with van der Waals surface area (Å²) >= 11 is 0. The molecule has 0 radical (unpaired) electrons. The third-order valence-corrected chi connectivity index (χ3v) is 5.98. The second-order valence-electron chi connectivity index (χ2n) is 8.59. The van der Waals surface area contributed by atoms with E-state index in [0.717, 1.165) is 25.9 Å².